The van der Waals surface area contributed by atoms with Gasteiger partial charge in [0.25, 0.3) is 0 Å². The number of carboxylic acid groups (broad SMARTS) is 1. The Hall–Kier alpha value is -0.770. The van der Waals surface area contributed by atoms with Crippen LogP contribution in [0.25, 0.3) is 0 Å². The second-order valence-electron chi connectivity index (χ2n) is 2.39. The molecule has 2 N–H and O–H groups in total. The van der Waals surface area contributed by atoms with Crippen molar-refractivity contribution >= 4 is 29.2 Å². The lowest BCUT2D eigenvalue weighted by Crippen LogP contribution is -2.00. The normalized spacial score (nSPS) is 10.1. The Morgan fingerprint density at radius 3 is 2.46 bits per heavy atom. The van der Waals surface area contributed by atoms with Gasteiger partial charge in [0.15, 0.2) is 0 Å². The van der Waals surface area contributed by atoms with E-state index in [4.69, 9.17) is 33.4 Å². The maximum absolute atomic E-state index is 10.6. The third-order valence-corrected chi connectivity index (χ3v) is 2.18. The molecule has 0 radical (unpaired) electrons. The first-order valence-corrected chi connectivity index (χ1v) is 4.14. The average molecular weight is 221 g/mol. The number of hydrogen-bond acceptors (Lipinski definition) is 2. The fourth-order valence-electron chi connectivity index (χ4n) is 0.916. The van der Waals surface area contributed by atoms with E-state index < -0.39 is 5.97 Å². The van der Waals surface area contributed by atoms with Gasteiger partial charge in [0.1, 0.15) is 0 Å². The Bertz CT molecular complexity index is 349. The minimum Gasteiger partial charge on any atom is -0.478 e. The van der Waals surface area contributed by atoms with Crippen molar-refractivity contribution in [3.8, 4) is 0 Å². The number of carbonyl (C=O) groups is 1. The summed E-state index contributed by atoms with van der Waals surface area (Å²) in [6.07, 6.45) is 0. The maximum Gasteiger partial charge on any atom is 0.337 e. The summed E-state index contributed by atoms with van der Waals surface area (Å²) in [5.41, 5.74) is 0.213. The van der Waals surface area contributed by atoms with E-state index in [1.54, 1.807) is 0 Å². The number of hydrogen-bond donors (Lipinski definition) is 2. The van der Waals surface area contributed by atoms with Crippen molar-refractivity contribution < 1.29 is 15.0 Å². The summed E-state index contributed by atoms with van der Waals surface area (Å²) < 4.78 is 0. The molecular weight excluding hydrogens is 215 g/mol. The Balaban J connectivity index is 3.35. The molecule has 0 aromatic heterocycles. The van der Waals surface area contributed by atoms with Crippen molar-refractivity contribution in [3.63, 3.8) is 0 Å². The topological polar surface area (TPSA) is 57.5 Å². The van der Waals surface area contributed by atoms with E-state index in [0.29, 0.717) is 5.56 Å². The summed E-state index contributed by atoms with van der Waals surface area (Å²) in [5, 5.41) is 17.8. The number of rotatable bonds is 2. The number of aliphatic hydroxyl groups excluding tert-OH is 1. The standard InChI is InChI=1S/C8H6Cl2O3/c9-5-1-4(3-11)7(10)6(2-5)8(12)13/h1-2,11H,3H2,(H,12,13). The summed E-state index contributed by atoms with van der Waals surface area (Å²) in [6, 6.07) is 2.67. The highest BCUT2D eigenvalue weighted by Crippen LogP contribution is 2.25. The van der Waals surface area contributed by atoms with E-state index in [9.17, 15) is 4.79 Å². The zero-order valence-corrected chi connectivity index (χ0v) is 7.93. The Morgan fingerprint density at radius 1 is 1.38 bits per heavy atom. The van der Waals surface area contributed by atoms with E-state index in [0.717, 1.165) is 0 Å². The third-order valence-electron chi connectivity index (χ3n) is 1.51. The number of aliphatic hydroxyl groups is 1. The first kappa shape index (κ1) is 10.3. The lowest BCUT2D eigenvalue weighted by atomic mass is 10.1. The van der Waals surface area contributed by atoms with Crippen molar-refractivity contribution in [2.24, 2.45) is 0 Å². The minimum absolute atomic E-state index is 0.0272. The van der Waals surface area contributed by atoms with Gasteiger partial charge in [-0.2, -0.15) is 0 Å². The molecule has 0 fully saturated rings. The molecule has 0 spiro atoms. The Labute approximate surface area is 84.5 Å². The summed E-state index contributed by atoms with van der Waals surface area (Å²) >= 11 is 11.3. The van der Waals surface area contributed by atoms with Crippen LogP contribution in [0.1, 0.15) is 15.9 Å². The molecule has 13 heavy (non-hydrogen) atoms. The van der Waals surface area contributed by atoms with Crippen LogP contribution in [0.15, 0.2) is 12.1 Å². The quantitative estimate of drug-likeness (QED) is 0.804. The predicted molar refractivity (Wildman–Crippen MR) is 49.3 cm³/mol. The molecule has 3 nitrogen and oxygen atoms in total. The molecule has 0 unspecified atom stereocenters. The molecule has 0 amide bonds. The maximum atomic E-state index is 10.6. The van der Waals surface area contributed by atoms with E-state index in [2.05, 4.69) is 0 Å². The van der Waals surface area contributed by atoms with Gasteiger partial charge in [0.05, 0.1) is 17.2 Å². The molecule has 70 valence electrons. The van der Waals surface area contributed by atoms with Crippen LogP contribution in [0, 0.1) is 0 Å². The highest BCUT2D eigenvalue weighted by molar-refractivity contribution is 6.36. The van der Waals surface area contributed by atoms with Gasteiger partial charge in [-0.05, 0) is 17.7 Å². The molecule has 0 aliphatic rings. The molecule has 0 saturated carbocycles. The van der Waals surface area contributed by atoms with Gasteiger partial charge in [-0.3, -0.25) is 0 Å². The van der Waals surface area contributed by atoms with Gasteiger partial charge < -0.3 is 10.2 Å². The number of benzene rings is 1. The van der Waals surface area contributed by atoms with Crippen molar-refractivity contribution in [2.45, 2.75) is 6.61 Å². The van der Waals surface area contributed by atoms with Crippen LogP contribution in [-0.2, 0) is 6.61 Å². The summed E-state index contributed by atoms with van der Waals surface area (Å²) in [7, 11) is 0. The molecule has 0 aliphatic carbocycles. The molecule has 1 rings (SSSR count). The molecule has 0 bridgehead atoms. The van der Waals surface area contributed by atoms with Gasteiger partial charge in [-0.15, -0.1) is 0 Å². The fraction of sp³-hybridized carbons (Fsp3) is 0.125. The average Bonchev–Trinajstić information content (AvgIpc) is 2.08. The van der Waals surface area contributed by atoms with Crippen LogP contribution in [0.5, 0.6) is 0 Å². The Morgan fingerprint density at radius 2 is 2.00 bits per heavy atom. The van der Waals surface area contributed by atoms with Crippen LogP contribution in [-0.4, -0.2) is 16.2 Å². The predicted octanol–water partition coefficient (Wildman–Crippen LogP) is 2.18. The molecule has 0 heterocycles. The van der Waals surface area contributed by atoms with Crippen LogP contribution < -0.4 is 0 Å². The molecule has 1 aromatic rings. The first-order valence-electron chi connectivity index (χ1n) is 3.38. The second-order valence-corrected chi connectivity index (χ2v) is 3.20. The number of halogens is 2. The van der Waals surface area contributed by atoms with Crippen molar-refractivity contribution in [2.75, 3.05) is 0 Å². The summed E-state index contributed by atoms with van der Waals surface area (Å²) in [6.45, 7) is -0.334. The second kappa shape index (κ2) is 3.96. The van der Waals surface area contributed by atoms with Crippen molar-refractivity contribution in [1.29, 1.82) is 0 Å². The van der Waals surface area contributed by atoms with E-state index in [1.165, 1.54) is 12.1 Å². The van der Waals surface area contributed by atoms with E-state index in [1.807, 2.05) is 0 Å². The van der Waals surface area contributed by atoms with E-state index in [-0.39, 0.29) is 22.2 Å². The summed E-state index contributed by atoms with van der Waals surface area (Å²) in [4.78, 5) is 10.6. The molecule has 0 atom stereocenters. The molecule has 1 aromatic carbocycles. The number of carboxylic acids is 1. The lowest BCUT2D eigenvalue weighted by Gasteiger charge is -2.04. The van der Waals surface area contributed by atoms with Crippen LogP contribution in [0.2, 0.25) is 10.0 Å². The van der Waals surface area contributed by atoms with Crippen LogP contribution >= 0.6 is 23.2 Å². The number of aromatic carboxylic acids is 1. The fourth-order valence-corrected chi connectivity index (χ4v) is 1.41. The Kier molecular flexibility index (Phi) is 3.14. The molecule has 5 heteroatoms. The third kappa shape index (κ3) is 2.12. The van der Waals surface area contributed by atoms with Crippen molar-refractivity contribution in [3.05, 3.63) is 33.3 Å². The van der Waals surface area contributed by atoms with Gasteiger partial charge in [0.2, 0.25) is 0 Å². The minimum atomic E-state index is -1.16. The van der Waals surface area contributed by atoms with Gasteiger partial charge in [0, 0.05) is 5.02 Å². The lowest BCUT2D eigenvalue weighted by molar-refractivity contribution is 0.0697. The first-order chi connectivity index (χ1) is 6.06. The SMILES string of the molecule is O=C(O)c1cc(Cl)cc(CO)c1Cl. The van der Waals surface area contributed by atoms with Gasteiger partial charge >= 0.3 is 5.97 Å². The largest absolute Gasteiger partial charge is 0.478 e. The molecule has 0 saturated heterocycles. The van der Waals surface area contributed by atoms with Crippen LogP contribution in [0.4, 0.5) is 0 Å². The van der Waals surface area contributed by atoms with Gasteiger partial charge in [-0.1, -0.05) is 23.2 Å². The summed E-state index contributed by atoms with van der Waals surface area (Å²) in [5.74, 6) is -1.16. The molecular formula is C8H6Cl2O3. The van der Waals surface area contributed by atoms with Crippen LogP contribution in [0.3, 0.4) is 0 Å². The smallest absolute Gasteiger partial charge is 0.337 e. The highest BCUT2D eigenvalue weighted by Gasteiger charge is 2.13. The van der Waals surface area contributed by atoms with Crippen molar-refractivity contribution in [1.82, 2.24) is 0 Å². The monoisotopic (exact) mass is 220 g/mol. The van der Waals surface area contributed by atoms with Gasteiger partial charge in [-0.25, -0.2) is 4.79 Å². The van der Waals surface area contributed by atoms with E-state index >= 15 is 0 Å². The zero-order valence-electron chi connectivity index (χ0n) is 6.42. The highest BCUT2D eigenvalue weighted by atomic mass is 35.5. The molecule has 0 aliphatic heterocycles. The zero-order chi connectivity index (χ0) is 10.0.